The van der Waals surface area contributed by atoms with Crippen molar-refractivity contribution < 1.29 is 15.0 Å². The molecule has 0 fully saturated rings. The molecule has 0 aromatic heterocycles. The first-order valence-corrected chi connectivity index (χ1v) is 4.35. The van der Waals surface area contributed by atoms with Crippen LogP contribution in [0.5, 0.6) is 0 Å². The molecule has 13 heavy (non-hydrogen) atoms. The van der Waals surface area contributed by atoms with E-state index in [2.05, 4.69) is 0 Å². The molecule has 0 aromatic carbocycles. The molecule has 3 nitrogen and oxygen atoms in total. The standard InChI is InChI=1S/C10H16O3/c1-6-5-7(11)10(4,8(12)13)9(6,2)3/h5,7,11H,1-4H3,(H,12,13)/t7-,10+/m1/s1. The van der Waals surface area contributed by atoms with Gasteiger partial charge < -0.3 is 10.2 Å². The molecule has 1 aliphatic rings. The van der Waals surface area contributed by atoms with Gasteiger partial charge in [-0.2, -0.15) is 0 Å². The molecule has 0 saturated carbocycles. The fraction of sp³-hybridized carbons (Fsp3) is 0.700. The third-order valence-corrected chi connectivity index (χ3v) is 3.73. The molecule has 0 radical (unpaired) electrons. The summed E-state index contributed by atoms with van der Waals surface area (Å²) in [7, 11) is 0. The van der Waals surface area contributed by atoms with Gasteiger partial charge in [-0.3, -0.25) is 4.79 Å². The van der Waals surface area contributed by atoms with Crippen molar-refractivity contribution in [3.05, 3.63) is 11.6 Å². The monoisotopic (exact) mass is 184 g/mol. The number of rotatable bonds is 1. The number of carboxylic acid groups (broad SMARTS) is 1. The summed E-state index contributed by atoms with van der Waals surface area (Å²) in [5.74, 6) is -0.946. The summed E-state index contributed by atoms with van der Waals surface area (Å²) < 4.78 is 0. The second-order valence-corrected chi connectivity index (χ2v) is 4.43. The lowest BCUT2D eigenvalue weighted by atomic mass is 9.65. The lowest BCUT2D eigenvalue weighted by molar-refractivity contribution is -0.159. The van der Waals surface area contributed by atoms with Crippen LogP contribution in [0.2, 0.25) is 0 Å². The summed E-state index contributed by atoms with van der Waals surface area (Å²) in [6.07, 6.45) is 0.744. The highest BCUT2D eigenvalue weighted by molar-refractivity contribution is 5.78. The van der Waals surface area contributed by atoms with E-state index in [1.807, 2.05) is 20.8 Å². The van der Waals surface area contributed by atoms with Crippen molar-refractivity contribution in [2.24, 2.45) is 10.8 Å². The molecule has 1 rings (SSSR count). The minimum atomic E-state index is -1.10. The summed E-state index contributed by atoms with van der Waals surface area (Å²) in [6.45, 7) is 7.15. The lowest BCUT2D eigenvalue weighted by Gasteiger charge is -2.38. The van der Waals surface area contributed by atoms with Gasteiger partial charge in [-0.1, -0.05) is 25.5 Å². The predicted molar refractivity (Wildman–Crippen MR) is 49.3 cm³/mol. The predicted octanol–water partition coefficient (Wildman–Crippen LogP) is 1.42. The van der Waals surface area contributed by atoms with Crippen molar-refractivity contribution in [3.8, 4) is 0 Å². The van der Waals surface area contributed by atoms with E-state index in [0.29, 0.717) is 0 Å². The van der Waals surface area contributed by atoms with E-state index < -0.39 is 22.9 Å². The fourth-order valence-corrected chi connectivity index (χ4v) is 1.78. The second kappa shape index (κ2) is 2.58. The maximum absolute atomic E-state index is 11.1. The molecule has 0 heterocycles. The number of carboxylic acids is 1. The molecule has 0 amide bonds. The van der Waals surface area contributed by atoms with E-state index in [0.717, 1.165) is 5.57 Å². The van der Waals surface area contributed by atoms with E-state index in [1.165, 1.54) is 0 Å². The molecule has 0 aromatic rings. The van der Waals surface area contributed by atoms with Gasteiger partial charge in [0.1, 0.15) is 5.41 Å². The quantitative estimate of drug-likeness (QED) is 0.606. The van der Waals surface area contributed by atoms with Crippen LogP contribution in [0.3, 0.4) is 0 Å². The van der Waals surface area contributed by atoms with Crippen molar-refractivity contribution in [3.63, 3.8) is 0 Å². The van der Waals surface area contributed by atoms with Gasteiger partial charge in [0, 0.05) is 5.41 Å². The number of aliphatic carboxylic acids is 1. The first-order chi connectivity index (χ1) is 5.74. The number of hydrogen-bond donors (Lipinski definition) is 2. The lowest BCUT2D eigenvalue weighted by Crippen LogP contribution is -2.46. The highest BCUT2D eigenvalue weighted by atomic mass is 16.4. The average molecular weight is 184 g/mol. The highest BCUT2D eigenvalue weighted by Crippen LogP contribution is 2.52. The molecule has 3 heteroatoms. The molecule has 0 saturated heterocycles. The number of aliphatic hydroxyl groups excluding tert-OH is 1. The summed E-state index contributed by atoms with van der Waals surface area (Å²) in [4.78, 5) is 11.1. The Labute approximate surface area is 78.1 Å². The van der Waals surface area contributed by atoms with Crippen LogP contribution >= 0.6 is 0 Å². The molecule has 2 atom stereocenters. The Morgan fingerprint density at radius 3 is 2.08 bits per heavy atom. The molecular formula is C10H16O3. The average Bonchev–Trinajstić information content (AvgIpc) is 2.13. The molecule has 1 aliphatic carbocycles. The van der Waals surface area contributed by atoms with E-state index in [-0.39, 0.29) is 0 Å². The van der Waals surface area contributed by atoms with E-state index >= 15 is 0 Å². The second-order valence-electron chi connectivity index (χ2n) is 4.43. The highest BCUT2D eigenvalue weighted by Gasteiger charge is 2.56. The van der Waals surface area contributed by atoms with Gasteiger partial charge in [0.25, 0.3) is 0 Å². The maximum atomic E-state index is 11.1. The maximum Gasteiger partial charge on any atom is 0.313 e. The Hall–Kier alpha value is -0.830. The zero-order valence-electron chi connectivity index (χ0n) is 8.46. The van der Waals surface area contributed by atoms with Crippen molar-refractivity contribution in [2.45, 2.75) is 33.8 Å². The zero-order valence-corrected chi connectivity index (χ0v) is 8.46. The number of carbonyl (C=O) groups is 1. The van der Waals surface area contributed by atoms with Crippen LogP contribution < -0.4 is 0 Å². The molecule has 2 N–H and O–H groups in total. The molecular weight excluding hydrogens is 168 g/mol. The van der Waals surface area contributed by atoms with Crippen molar-refractivity contribution >= 4 is 5.97 Å². The molecule has 0 unspecified atom stereocenters. The molecule has 0 aliphatic heterocycles. The summed E-state index contributed by atoms with van der Waals surface area (Å²) in [5, 5.41) is 18.8. The largest absolute Gasteiger partial charge is 0.481 e. The number of aliphatic hydroxyl groups is 1. The Bertz CT molecular complexity index is 278. The van der Waals surface area contributed by atoms with Gasteiger partial charge in [-0.25, -0.2) is 0 Å². The Balaban J connectivity index is 3.22. The van der Waals surface area contributed by atoms with Gasteiger partial charge in [-0.05, 0) is 13.8 Å². The van der Waals surface area contributed by atoms with Crippen LogP contribution in [0.25, 0.3) is 0 Å². The third-order valence-electron chi connectivity index (χ3n) is 3.73. The fourth-order valence-electron chi connectivity index (χ4n) is 1.78. The number of allylic oxidation sites excluding steroid dienone is 1. The van der Waals surface area contributed by atoms with E-state index in [1.54, 1.807) is 13.0 Å². The van der Waals surface area contributed by atoms with Crippen molar-refractivity contribution in [1.82, 2.24) is 0 Å². The zero-order chi connectivity index (χ0) is 10.4. The minimum absolute atomic E-state index is 0.488. The Morgan fingerprint density at radius 1 is 1.46 bits per heavy atom. The van der Waals surface area contributed by atoms with Gasteiger partial charge in [0.15, 0.2) is 0 Å². The van der Waals surface area contributed by atoms with Crippen LogP contribution in [-0.2, 0) is 4.79 Å². The van der Waals surface area contributed by atoms with Crippen LogP contribution in [-0.4, -0.2) is 22.3 Å². The molecule has 0 bridgehead atoms. The topological polar surface area (TPSA) is 57.5 Å². The van der Waals surface area contributed by atoms with Crippen LogP contribution in [0.4, 0.5) is 0 Å². The third kappa shape index (κ3) is 1.03. The smallest absolute Gasteiger partial charge is 0.313 e. The summed E-state index contributed by atoms with van der Waals surface area (Å²) >= 11 is 0. The van der Waals surface area contributed by atoms with Crippen LogP contribution in [0, 0.1) is 10.8 Å². The van der Waals surface area contributed by atoms with Gasteiger partial charge in [0.2, 0.25) is 0 Å². The minimum Gasteiger partial charge on any atom is -0.481 e. The van der Waals surface area contributed by atoms with E-state index in [4.69, 9.17) is 5.11 Å². The van der Waals surface area contributed by atoms with Crippen LogP contribution in [0.1, 0.15) is 27.7 Å². The van der Waals surface area contributed by atoms with Gasteiger partial charge >= 0.3 is 5.97 Å². The van der Waals surface area contributed by atoms with Gasteiger partial charge in [-0.15, -0.1) is 0 Å². The number of hydrogen-bond acceptors (Lipinski definition) is 2. The Kier molecular flexibility index (Phi) is 2.03. The first kappa shape index (κ1) is 10.3. The first-order valence-electron chi connectivity index (χ1n) is 4.35. The SMILES string of the molecule is CC1=C[C@@H](O)[C@@](C)(C(=O)O)C1(C)C. The molecule has 0 spiro atoms. The molecule has 74 valence electrons. The summed E-state index contributed by atoms with van der Waals surface area (Å²) in [5.41, 5.74) is -0.653. The van der Waals surface area contributed by atoms with Crippen LogP contribution in [0.15, 0.2) is 11.6 Å². The van der Waals surface area contributed by atoms with E-state index in [9.17, 15) is 9.90 Å². The summed E-state index contributed by atoms with van der Waals surface area (Å²) in [6, 6.07) is 0. The van der Waals surface area contributed by atoms with Crippen molar-refractivity contribution in [1.29, 1.82) is 0 Å². The van der Waals surface area contributed by atoms with Crippen molar-refractivity contribution in [2.75, 3.05) is 0 Å². The Morgan fingerprint density at radius 2 is 1.92 bits per heavy atom. The van der Waals surface area contributed by atoms with Gasteiger partial charge in [0.05, 0.1) is 6.10 Å². The normalized spacial score (nSPS) is 37.3.